The van der Waals surface area contributed by atoms with Crippen molar-refractivity contribution in [3.8, 4) is 0 Å². The summed E-state index contributed by atoms with van der Waals surface area (Å²) in [7, 11) is 0. The van der Waals surface area contributed by atoms with Crippen molar-refractivity contribution in [2.45, 2.75) is 38.5 Å². The Balaban J connectivity index is 1.78. The number of imide groups is 1. The highest BCUT2D eigenvalue weighted by Crippen LogP contribution is 2.29. The topological polar surface area (TPSA) is 110 Å². The third-order valence-corrected chi connectivity index (χ3v) is 4.02. The number of amides is 3. The molecule has 8 heteroatoms. The molecule has 24 heavy (non-hydrogen) atoms. The minimum absolute atomic E-state index is 0.0673. The van der Waals surface area contributed by atoms with Crippen LogP contribution >= 0.6 is 0 Å². The van der Waals surface area contributed by atoms with Crippen LogP contribution < -0.4 is 0 Å². The average molecular weight is 334 g/mol. The van der Waals surface area contributed by atoms with Crippen molar-refractivity contribution in [3.63, 3.8) is 0 Å². The molecule has 128 valence electrons. The van der Waals surface area contributed by atoms with Crippen molar-refractivity contribution < 1.29 is 28.8 Å². The normalized spacial score (nSPS) is 24.8. The smallest absolute Gasteiger partial charge is 0.330 e. The lowest BCUT2D eigenvalue weighted by Gasteiger charge is -2.25. The number of hydroxylamine groups is 2. The standard InChI is InChI=1S/C16H18N2O6/c19-9-1-2-13(20)17-10-11-3-5-12(6-4-11)16(23)24-18-14(21)7-8-15(18)22/h1-2,9-12H,3-8H2/b2-1-,17-10?. The molecule has 0 aromatic carbocycles. The van der Waals surface area contributed by atoms with Crippen LogP contribution in [0.15, 0.2) is 17.1 Å². The lowest BCUT2D eigenvalue weighted by Crippen LogP contribution is -2.35. The van der Waals surface area contributed by atoms with E-state index in [0.29, 0.717) is 37.0 Å². The SMILES string of the molecule is O=C/C=C\C(=O)N=CC1CCC(C(=O)ON2C(=O)CCC2=O)CC1. The van der Waals surface area contributed by atoms with Gasteiger partial charge in [0.15, 0.2) is 0 Å². The van der Waals surface area contributed by atoms with Gasteiger partial charge >= 0.3 is 5.97 Å². The summed E-state index contributed by atoms with van der Waals surface area (Å²) in [6.07, 6.45) is 6.69. The first-order valence-corrected chi connectivity index (χ1v) is 7.79. The van der Waals surface area contributed by atoms with Gasteiger partial charge in [0.25, 0.3) is 17.7 Å². The van der Waals surface area contributed by atoms with Crippen molar-refractivity contribution >= 4 is 36.2 Å². The Morgan fingerprint density at radius 1 is 1.08 bits per heavy atom. The zero-order valence-corrected chi connectivity index (χ0v) is 13.1. The van der Waals surface area contributed by atoms with E-state index in [1.165, 1.54) is 6.21 Å². The second-order valence-corrected chi connectivity index (χ2v) is 5.72. The summed E-state index contributed by atoms with van der Waals surface area (Å²) in [6, 6.07) is 0. The zero-order chi connectivity index (χ0) is 17.5. The summed E-state index contributed by atoms with van der Waals surface area (Å²) in [5.41, 5.74) is 0. The summed E-state index contributed by atoms with van der Waals surface area (Å²) in [4.78, 5) is 64.9. The predicted octanol–water partition coefficient (Wildman–Crippen LogP) is 0.752. The highest BCUT2D eigenvalue weighted by Gasteiger charge is 2.35. The number of carbonyl (C=O) groups is 5. The Kier molecular flexibility index (Phi) is 6.11. The van der Waals surface area contributed by atoms with E-state index in [1.54, 1.807) is 0 Å². The molecule has 1 heterocycles. The van der Waals surface area contributed by atoms with Crippen molar-refractivity contribution in [2.75, 3.05) is 0 Å². The number of rotatable bonds is 5. The Bertz CT molecular complexity index is 586. The van der Waals surface area contributed by atoms with Crippen LogP contribution in [0.3, 0.4) is 0 Å². The van der Waals surface area contributed by atoms with E-state index >= 15 is 0 Å². The highest BCUT2D eigenvalue weighted by molar-refractivity contribution is 6.01. The first kappa shape index (κ1) is 17.7. The summed E-state index contributed by atoms with van der Waals surface area (Å²) in [5.74, 6) is -2.36. The summed E-state index contributed by atoms with van der Waals surface area (Å²) in [5, 5.41) is 0.563. The number of hydrogen-bond donors (Lipinski definition) is 0. The molecule has 1 saturated heterocycles. The van der Waals surface area contributed by atoms with Gasteiger partial charge in [0.1, 0.15) is 6.29 Å². The van der Waals surface area contributed by atoms with E-state index in [1.807, 2.05) is 0 Å². The fourth-order valence-electron chi connectivity index (χ4n) is 2.67. The molecule has 2 rings (SSSR count). The quantitative estimate of drug-likeness (QED) is 0.317. The van der Waals surface area contributed by atoms with E-state index in [4.69, 9.17) is 4.84 Å². The number of allylic oxidation sites excluding steroid dienone is 1. The monoisotopic (exact) mass is 334 g/mol. The molecule has 3 amide bonds. The second-order valence-electron chi connectivity index (χ2n) is 5.72. The highest BCUT2D eigenvalue weighted by atomic mass is 16.7. The molecule has 1 aliphatic heterocycles. The maximum atomic E-state index is 12.0. The molecular weight excluding hydrogens is 316 g/mol. The second kappa shape index (κ2) is 8.28. The van der Waals surface area contributed by atoms with Gasteiger partial charge in [-0.3, -0.25) is 19.2 Å². The summed E-state index contributed by atoms with van der Waals surface area (Å²) in [6.45, 7) is 0. The van der Waals surface area contributed by atoms with Crippen molar-refractivity contribution in [1.82, 2.24) is 5.06 Å². The molecule has 1 aliphatic carbocycles. The number of nitrogens with zero attached hydrogens (tertiary/aromatic N) is 2. The molecule has 1 saturated carbocycles. The van der Waals surface area contributed by atoms with Crippen LogP contribution in [0.1, 0.15) is 38.5 Å². The summed E-state index contributed by atoms with van der Waals surface area (Å²) < 4.78 is 0. The lowest BCUT2D eigenvalue weighted by molar-refractivity contribution is -0.201. The molecule has 0 spiro atoms. The van der Waals surface area contributed by atoms with Gasteiger partial charge in [0.05, 0.1) is 5.92 Å². The third kappa shape index (κ3) is 4.68. The Hall–Kier alpha value is -2.64. The molecule has 2 aliphatic rings. The number of aldehydes is 1. The first-order valence-electron chi connectivity index (χ1n) is 7.79. The van der Waals surface area contributed by atoms with Crippen LogP contribution in [-0.4, -0.2) is 41.3 Å². The van der Waals surface area contributed by atoms with E-state index in [2.05, 4.69) is 4.99 Å². The van der Waals surface area contributed by atoms with Crippen LogP contribution in [0, 0.1) is 11.8 Å². The lowest BCUT2D eigenvalue weighted by atomic mass is 9.82. The summed E-state index contributed by atoms with van der Waals surface area (Å²) >= 11 is 0. The van der Waals surface area contributed by atoms with Crippen LogP contribution in [-0.2, 0) is 28.8 Å². The Morgan fingerprint density at radius 2 is 1.71 bits per heavy atom. The van der Waals surface area contributed by atoms with Crippen LogP contribution in [0.4, 0.5) is 0 Å². The van der Waals surface area contributed by atoms with Crippen molar-refractivity contribution in [3.05, 3.63) is 12.2 Å². The molecule has 2 fully saturated rings. The molecule has 0 aromatic heterocycles. The van der Waals surface area contributed by atoms with Crippen molar-refractivity contribution in [1.29, 1.82) is 0 Å². The maximum absolute atomic E-state index is 12.0. The van der Waals surface area contributed by atoms with E-state index in [-0.39, 0.29) is 24.7 Å². The molecule has 0 atom stereocenters. The van der Waals surface area contributed by atoms with E-state index in [0.717, 1.165) is 12.2 Å². The van der Waals surface area contributed by atoms with Gasteiger partial charge in [0, 0.05) is 25.1 Å². The largest absolute Gasteiger partial charge is 0.336 e. The van der Waals surface area contributed by atoms with Gasteiger partial charge in [-0.15, -0.1) is 5.06 Å². The molecular formula is C16H18N2O6. The Morgan fingerprint density at radius 3 is 2.29 bits per heavy atom. The van der Waals surface area contributed by atoms with Crippen LogP contribution in [0.5, 0.6) is 0 Å². The molecule has 0 aromatic rings. The molecule has 0 bridgehead atoms. The fourth-order valence-corrected chi connectivity index (χ4v) is 2.67. The zero-order valence-electron chi connectivity index (χ0n) is 13.1. The molecule has 0 N–H and O–H groups in total. The number of aliphatic imine (C=N–C) groups is 1. The number of carbonyl (C=O) groups excluding carboxylic acids is 5. The van der Waals surface area contributed by atoms with Gasteiger partial charge in [0.2, 0.25) is 0 Å². The van der Waals surface area contributed by atoms with Crippen molar-refractivity contribution in [2.24, 2.45) is 16.8 Å². The molecule has 0 radical (unpaired) electrons. The van der Waals surface area contributed by atoms with E-state index in [9.17, 15) is 24.0 Å². The van der Waals surface area contributed by atoms with Gasteiger partial charge in [-0.05, 0) is 37.7 Å². The van der Waals surface area contributed by atoms with Gasteiger partial charge in [-0.2, -0.15) is 0 Å². The average Bonchev–Trinajstić information content (AvgIpc) is 2.90. The van der Waals surface area contributed by atoms with Crippen LogP contribution in [0.2, 0.25) is 0 Å². The van der Waals surface area contributed by atoms with Gasteiger partial charge < -0.3 is 4.84 Å². The van der Waals surface area contributed by atoms with Crippen LogP contribution in [0.25, 0.3) is 0 Å². The van der Waals surface area contributed by atoms with E-state index < -0.39 is 23.7 Å². The van der Waals surface area contributed by atoms with Gasteiger partial charge in [-0.1, -0.05) is 0 Å². The maximum Gasteiger partial charge on any atom is 0.336 e. The third-order valence-electron chi connectivity index (χ3n) is 4.02. The molecule has 0 unspecified atom stereocenters. The minimum atomic E-state index is -0.570. The number of hydrogen-bond acceptors (Lipinski definition) is 6. The minimum Gasteiger partial charge on any atom is -0.330 e. The fraction of sp³-hybridized carbons (Fsp3) is 0.500. The molecule has 8 nitrogen and oxygen atoms in total. The van der Waals surface area contributed by atoms with Gasteiger partial charge in [-0.25, -0.2) is 9.79 Å². The Labute approximate surface area is 138 Å². The first-order chi connectivity index (χ1) is 11.5. The predicted molar refractivity (Wildman–Crippen MR) is 81.3 cm³/mol.